The molecule has 0 amide bonds. The van der Waals surface area contributed by atoms with Gasteiger partial charge >= 0.3 is 0 Å². The predicted molar refractivity (Wildman–Crippen MR) is 109 cm³/mol. The van der Waals surface area contributed by atoms with Crippen LogP contribution in [0.1, 0.15) is 42.7 Å². The fourth-order valence-electron chi connectivity index (χ4n) is 3.26. The van der Waals surface area contributed by atoms with Crippen LogP contribution in [-0.2, 0) is 6.42 Å². The van der Waals surface area contributed by atoms with Crippen LogP contribution >= 0.6 is 0 Å². The van der Waals surface area contributed by atoms with Gasteiger partial charge in [0.25, 0.3) is 0 Å². The number of fused-ring (bicyclic) bond motifs is 1. The number of hydrogen-bond acceptors (Lipinski definition) is 5. The number of carbonyl (C=O) groups excluding carboxylic acids is 1. The van der Waals surface area contributed by atoms with E-state index in [4.69, 9.17) is 5.73 Å². The molecule has 3 rings (SSSR count). The summed E-state index contributed by atoms with van der Waals surface area (Å²) in [4.78, 5) is 28.5. The van der Waals surface area contributed by atoms with Crippen LogP contribution in [0.3, 0.4) is 0 Å². The molecule has 2 aromatic heterocycles. The Bertz CT molecular complexity index is 1140. The van der Waals surface area contributed by atoms with Gasteiger partial charge in [-0.05, 0) is 44.9 Å². The van der Waals surface area contributed by atoms with Gasteiger partial charge in [-0.1, -0.05) is 0 Å². The van der Waals surface area contributed by atoms with Crippen molar-refractivity contribution in [2.24, 2.45) is 0 Å². The molecule has 1 aromatic carbocycles. The third-order valence-corrected chi connectivity index (χ3v) is 4.79. The third kappa shape index (κ3) is 3.70. The van der Waals surface area contributed by atoms with E-state index in [1.807, 2.05) is 12.1 Å². The molecule has 6 nitrogen and oxygen atoms in total. The third-order valence-electron chi connectivity index (χ3n) is 4.79. The average molecular weight is 400 g/mol. The van der Waals surface area contributed by atoms with Crippen molar-refractivity contribution in [1.29, 1.82) is 0 Å². The van der Waals surface area contributed by atoms with Gasteiger partial charge in [0.1, 0.15) is 5.69 Å². The maximum absolute atomic E-state index is 15.4. The second kappa shape index (κ2) is 7.98. The van der Waals surface area contributed by atoms with E-state index >= 15 is 4.39 Å². The topological polar surface area (TPSA) is 90.0 Å². The Labute approximate surface area is 166 Å². The zero-order valence-electron chi connectivity index (χ0n) is 16.4. The molecule has 3 N–H and O–H groups in total. The first kappa shape index (κ1) is 20.4. The highest BCUT2D eigenvalue weighted by Gasteiger charge is 2.25. The highest BCUT2D eigenvalue weighted by molar-refractivity contribution is 6.01. The number of carbonyl (C=O) groups is 1. The molecule has 0 atom stereocenters. The summed E-state index contributed by atoms with van der Waals surface area (Å²) >= 11 is 0. The summed E-state index contributed by atoms with van der Waals surface area (Å²) < 4.78 is 31.7. The quantitative estimate of drug-likeness (QED) is 0.486. The molecule has 0 fully saturated rings. The molecule has 0 aliphatic heterocycles. The highest BCUT2D eigenvalue weighted by Crippen LogP contribution is 2.34. The molecule has 8 heteroatoms. The number of nitrogen functional groups attached to an aromatic ring is 1. The number of aromatic nitrogens is 2. The van der Waals surface area contributed by atoms with Crippen molar-refractivity contribution in [1.82, 2.24) is 9.55 Å². The van der Waals surface area contributed by atoms with Gasteiger partial charge in [0, 0.05) is 31.2 Å². The van der Waals surface area contributed by atoms with E-state index in [0.29, 0.717) is 6.42 Å². The Kier molecular flexibility index (Phi) is 5.63. The molecule has 0 saturated heterocycles. The van der Waals surface area contributed by atoms with Crippen molar-refractivity contribution >= 4 is 28.1 Å². The van der Waals surface area contributed by atoms with E-state index in [2.05, 4.69) is 10.3 Å². The molecular weight excluding hydrogens is 378 g/mol. The number of pyridine rings is 2. The molecule has 0 radical (unpaired) electrons. The van der Waals surface area contributed by atoms with Crippen molar-refractivity contribution in [2.75, 3.05) is 17.6 Å². The molecule has 2 heterocycles. The minimum Gasteiger partial charge on any atom is -0.396 e. The normalized spacial score (nSPS) is 11.2. The number of ketones is 1. The van der Waals surface area contributed by atoms with Crippen LogP contribution in [0.4, 0.5) is 20.2 Å². The molecule has 3 aromatic rings. The average Bonchev–Trinajstić information content (AvgIpc) is 2.68. The fraction of sp³-hybridized carbons (Fsp3) is 0.286. The van der Waals surface area contributed by atoms with Gasteiger partial charge in [0.15, 0.2) is 17.4 Å². The first-order chi connectivity index (χ1) is 13.7. The molecule has 0 bridgehead atoms. The molecule has 152 valence electrons. The molecular formula is C21H22F2N4O2. The van der Waals surface area contributed by atoms with Gasteiger partial charge in [0.2, 0.25) is 5.43 Å². The Balaban J connectivity index is 2.15. The maximum Gasteiger partial charge on any atom is 0.202 e. The number of nitrogens with two attached hydrogens (primary N) is 1. The number of nitrogens with zero attached hydrogens (tertiary/aromatic N) is 2. The van der Waals surface area contributed by atoms with E-state index in [-0.39, 0.29) is 29.1 Å². The van der Waals surface area contributed by atoms with Crippen molar-refractivity contribution in [3.63, 3.8) is 0 Å². The summed E-state index contributed by atoms with van der Waals surface area (Å²) in [5.74, 6) is -2.45. The lowest BCUT2D eigenvalue weighted by Crippen LogP contribution is -2.22. The van der Waals surface area contributed by atoms with Crippen molar-refractivity contribution in [3.05, 3.63) is 63.7 Å². The number of halogens is 2. The minimum absolute atomic E-state index is 0.125. The zero-order valence-corrected chi connectivity index (χ0v) is 16.4. The molecule has 29 heavy (non-hydrogen) atoms. The number of Topliss-reactive ketones (excluding diaryl/α,β-unsaturated/α-hetero) is 1. The van der Waals surface area contributed by atoms with Crippen molar-refractivity contribution in [2.45, 2.75) is 33.2 Å². The number of anilines is 2. The number of benzene rings is 1. The summed E-state index contributed by atoms with van der Waals surface area (Å²) in [6, 6.07) is 3.33. The Morgan fingerprint density at radius 1 is 1.24 bits per heavy atom. The molecule has 0 aliphatic carbocycles. The van der Waals surface area contributed by atoms with Gasteiger partial charge in [-0.2, -0.15) is 0 Å². The SMILES string of the molecule is CC(=O)c1cn(C(C)C)c2c(F)c(NCCc3ccncc3)c(F)c(N)c2c1=O. The van der Waals surface area contributed by atoms with Crippen LogP contribution in [0, 0.1) is 11.6 Å². The lowest BCUT2D eigenvalue weighted by molar-refractivity contribution is 0.101. The van der Waals surface area contributed by atoms with Gasteiger partial charge < -0.3 is 15.6 Å². The Hall–Kier alpha value is -3.29. The summed E-state index contributed by atoms with van der Waals surface area (Å²) in [6.07, 6.45) is 5.09. The van der Waals surface area contributed by atoms with Gasteiger partial charge in [0.05, 0.1) is 22.2 Å². The zero-order chi connectivity index (χ0) is 21.3. The van der Waals surface area contributed by atoms with Crippen LogP contribution in [0.5, 0.6) is 0 Å². The van der Waals surface area contributed by atoms with E-state index < -0.39 is 34.2 Å². The number of nitrogens with one attached hydrogen (secondary N) is 1. The summed E-state index contributed by atoms with van der Waals surface area (Å²) in [6.45, 7) is 5.01. The molecule has 0 spiro atoms. The lowest BCUT2D eigenvalue weighted by atomic mass is 10.0. The van der Waals surface area contributed by atoms with E-state index in [1.165, 1.54) is 17.7 Å². The van der Waals surface area contributed by atoms with Gasteiger partial charge in [-0.15, -0.1) is 0 Å². The van der Waals surface area contributed by atoms with Gasteiger partial charge in [-0.3, -0.25) is 14.6 Å². The largest absolute Gasteiger partial charge is 0.396 e. The first-order valence-electron chi connectivity index (χ1n) is 9.23. The molecule has 0 aliphatic rings. The van der Waals surface area contributed by atoms with Crippen LogP contribution < -0.4 is 16.5 Å². The first-order valence-corrected chi connectivity index (χ1v) is 9.23. The van der Waals surface area contributed by atoms with E-state index in [9.17, 15) is 14.0 Å². The minimum atomic E-state index is -1.04. The predicted octanol–water partition coefficient (Wildman–Crippen LogP) is 3.70. The van der Waals surface area contributed by atoms with E-state index in [1.54, 1.807) is 26.2 Å². The number of rotatable bonds is 6. The molecule has 0 saturated carbocycles. The second-order valence-corrected chi connectivity index (χ2v) is 7.10. The Morgan fingerprint density at radius 2 is 1.90 bits per heavy atom. The highest BCUT2D eigenvalue weighted by atomic mass is 19.1. The van der Waals surface area contributed by atoms with Crippen LogP contribution in [-0.4, -0.2) is 21.9 Å². The summed E-state index contributed by atoms with van der Waals surface area (Å²) in [5.41, 5.74) is 4.92. The lowest BCUT2D eigenvalue weighted by Gasteiger charge is -2.20. The van der Waals surface area contributed by atoms with Crippen LogP contribution in [0.25, 0.3) is 10.9 Å². The maximum atomic E-state index is 15.4. The summed E-state index contributed by atoms with van der Waals surface area (Å²) in [7, 11) is 0. The van der Waals surface area contributed by atoms with Crippen molar-refractivity contribution in [3.8, 4) is 0 Å². The standard InChI is InChI=1S/C21H22F2N4O2/c1-11(2)27-10-14(12(3)28)21(29)15-18(24)16(22)19(17(23)20(15)27)26-9-6-13-4-7-25-8-5-13/h4-5,7-8,10-11,26H,6,9,24H2,1-3H3. The van der Waals surface area contributed by atoms with E-state index in [0.717, 1.165) is 5.56 Å². The van der Waals surface area contributed by atoms with Gasteiger partial charge in [-0.25, -0.2) is 8.78 Å². The smallest absolute Gasteiger partial charge is 0.202 e. The monoisotopic (exact) mass is 400 g/mol. The second-order valence-electron chi connectivity index (χ2n) is 7.10. The fourth-order valence-corrected chi connectivity index (χ4v) is 3.26. The van der Waals surface area contributed by atoms with Crippen LogP contribution in [0.2, 0.25) is 0 Å². The Morgan fingerprint density at radius 3 is 2.48 bits per heavy atom. The van der Waals surface area contributed by atoms with Crippen LogP contribution in [0.15, 0.2) is 35.5 Å². The van der Waals surface area contributed by atoms with Crippen molar-refractivity contribution < 1.29 is 13.6 Å². The molecule has 0 unspecified atom stereocenters. The number of hydrogen-bond donors (Lipinski definition) is 2. The summed E-state index contributed by atoms with van der Waals surface area (Å²) in [5, 5.41) is 2.43.